The van der Waals surface area contributed by atoms with Crippen molar-refractivity contribution in [1.82, 2.24) is 5.32 Å². The highest BCUT2D eigenvalue weighted by molar-refractivity contribution is 5.36. The second-order valence-corrected chi connectivity index (χ2v) is 5.28. The van der Waals surface area contributed by atoms with Crippen molar-refractivity contribution in [2.75, 3.05) is 19.8 Å². The van der Waals surface area contributed by atoms with Crippen LogP contribution in [0.25, 0.3) is 0 Å². The summed E-state index contributed by atoms with van der Waals surface area (Å²) in [6.45, 7) is 0.646. The Hall–Kier alpha value is -1.61. The maximum atomic E-state index is 9.88. The minimum atomic E-state index is -0.648. The minimum absolute atomic E-state index is 0.102. The van der Waals surface area contributed by atoms with Crippen LogP contribution in [0.2, 0.25) is 0 Å². The van der Waals surface area contributed by atoms with Gasteiger partial charge < -0.3 is 20.3 Å². The van der Waals surface area contributed by atoms with Gasteiger partial charge in [0.25, 0.3) is 0 Å². The molecule has 1 aromatic carbocycles. The van der Waals surface area contributed by atoms with Gasteiger partial charge in [0, 0.05) is 12.1 Å². The van der Waals surface area contributed by atoms with Crippen LogP contribution in [0.4, 0.5) is 0 Å². The summed E-state index contributed by atoms with van der Waals surface area (Å²) in [6, 6.07) is 8.88. The van der Waals surface area contributed by atoms with Crippen LogP contribution in [0.1, 0.15) is 24.8 Å². The molecular weight excluding hydrogens is 256 g/mol. The third-order valence-electron chi connectivity index (χ3n) is 3.73. The van der Waals surface area contributed by atoms with Crippen LogP contribution in [-0.4, -0.2) is 41.6 Å². The molecule has 1 aliphatic carbocycles. The van der Waals surface area contributed by atoms with Gasteiger partial charge in [0.1, 0.15) is 18.5 Å². The molecule has 1 atom stereocenters. The molecule has 1 fully saturated rings. The number of β-amino-alcohol motifs (C(OH)–C–C–N with tert-alkyl or cyclic N) is 1. The zero-order valence-corrected chi connectivity index (χ0v) is 11.4. The number of rotatable bonds is 7. The van der Waals surface area contributed by atoms with E-state index in [2.05, 4.69) is 5.32 Å². The average molecular weight is 276 g/mol. The first-order valence-electron chi connectivity index (χ1n) is 6.84. The second kappa shape index (κ2) is 6.71. The molecule has 0 saturated heterocycles. The van der Waals surface area contributed by atoms with Crippen molar-refractivity contribution in [3.8, 4) is 11.8 Å². The number of nitrogens with zero attached hydrogens (tertiary/aromatic N) is 1. The van der Waals surface area contributed by atoms with Gasteiger partial charge in [-0.3, -0.25) is 0 Å². The van der Waals surface area contributed by atoms with Crippen LogP contribution >= 0.6 is 0 Å². The van der Waals surface area contributed by atoms with Gasteiger partial charge in [0.15, 0.2) is 0 Å². The fourth-order valence-electron chi connectivity index (χ4n) is 2.24. The maximum Gasteiger partial charge on any atom is 0.120 e. The summed E-state index contributed by atoms with van der Waals surface area (Å²) in [6.07, 6.45) is 2.36. The van der Waals surface area contributed by atoms with E-state index in [1.54, 1.807) is 24.3 Å². The van der Waals surface area contributed by atoms with Crippen LogP contribution in [0, 0.1) is 11.3 Å². The summed E-state index contributed by atoms with van der Waals surface area (Å²) >= 11 is 0. The lowest BCUT2D eigenvalue weighted by Gasteiger charge is -2.41. The molecule has 5 heteroatoms. The molecule has 5 nitrogen and oxygen atoms in total. The zero-order valence-electron chi connectivity index (χ0n) is 11.4. The highest BCUT2D eigenvalue weighted by Crippen LogP contribution is 2.30. The Kier molecular flexibility index (Phi) is 4.96. The molecule has 108 valence electrons. The molecule has 1 unspecified atom stereocenters. The van der Waals surface area contributed by atoms with Crippen molar-refractivity contribution >= 4 is 0 Å². The van der Waals surface area contributed by atoms with Crippen molar-refractivity contribution in [2.45, 2.75) is 30.9 Å². The van der Waals surface area contributed by atoms with Crippen LogP contribution in [0.15, 0.2) is 24.3 Å². The third kappa shape index (κ3) is 3.70. The van der Waals surface area contributed by atoms with Gasteiger partial charge in [-0.25, -0.2) is 0 Å². The first-order valence-corrected chi connectivity index (χ1v) is 6.84. The number of aliphatic hydroxyl groups excluding tert-OH is 2. The predicted molar refractivity (Wildman–Crippen MR) is 74.3 cm³/mol. The third-order valence-corrected chi connectivity index (χ3v) is 3.73. The monoisotopic (exact) mass is 276 g/mol. The van der Waals surface area contributed by atoms with Gasteiger partial charge in [-0.15, -0.1) is 0 Å². The van der Waals surface area contributed by atoms with E-state index in [1.165, 1.54) is 0 Å². The van der Waals surface area contributed by atoms with Crippen LogP contribution in [-0.2, 0) is 0 Å². The Balaban J connectivity index is 1.74. The molecule has 1 aliphatic rings. The van der Waals surface area contributed by atoms with E-state index in [4.69, 9.17) is 10.00 Å². The second-order valence-electron chi connectivity index (χ2n) is 5.28. The van der Waals surface area contributed by atoms with Gasteiger partial charge >= 0.3 is 0 Å². The van der Waals surface area contributed by atoms with E-state index < -0.39 is 6.10 Å². The standard InChI is InChI=1S/C15H20N2O3/c16-8-12-3-1-4-14(7-12)20-10-13(19)9-17-15(11-18)5-2-6-15/h1,3-4,7,13,17-19H,2,5-6,9-11H2. The number of nitriles is 1. The van der Waals surface area contributed by atoms with Gasteiger partial charge in [0.05, 0.1) is 18.2 Å². The fraction of sp³-hybridized carbons (Fsp3) is 0.533. The Morgan fingerprint density at radius 2 is 2.25 bits per heavy atom. The number of hydrogen-bond donors (Lipinski definition) is 3. The Labute approximate surface area is 118 Å². The highest BCUT2D eigenvalue weighted by Gasteiger charge is 2.35. The molecule has 0 radical (unpaired) electrons. The van der Waals surface area contributed by atoms with E-state index in [-0.39, 0.29) is 18.8 Å². The molecule has 0 heterocycles. The van der Waals surface area contributed by atoms with Crippen LogP contribution in [0.5, 0.6) is 5.75 Å². The van der Waals surface area contributed by atoms with E-state index in [1.807, 2.05) is 6.07 Å². The van der Waals surface area contributed by atoms with Gasteiger partial charge in [-0.1, -0.05) is 6.07 Å². The number of nitrogens with one attached hydrogen (secondary N) is 1. The fourth-order valence-corrected chi connectivity index (χ4v) is 2.24. The maximum absolute atomic E-state index is 9.88. The van der Waals surface area contributed by atoms with Crippen molar-refractivity contribution < 1.29 is 14.9 Å². The average Bonchev–Trinajstić information content (AvgIpc) is 2.44. The normalized spacial score (nSPS) is 17.9. The molecule has 1 saturated carbocycles. The summed E-state index contributed by atoms with van der Waals surface area (Å²) in [5.74, 6) is 0.573. The quantitative estimate of drug-likeness (QED) is 0.686. The lowest BCUT2D eigenvalue weighted by molar-refractivity contribution is 0.0540. The van der Waals surface area contributed by atoms with Crippen molar-refractivity contribution in [3.05, 3.63) is 29.8 Å². The zero-order chi connectivity index (χ0) is 14.4. The molecule has 0 spiro atoms. The Morgan fingerprint density at radius 3 is 2.85 bits per heavy atom. The number of benzene rings is 1. The largest absolute Gasteiger partial charge is 0.491 e. The Morgan fingerprint density at radius 1 is 1.45 bits per heavy atom. The summed E-state index contributed by atoms with van der Waals surface area (Å²) in [5.41, 5.74) is 0.325. The molecule has 0 bridgehead atoms. The topological polar surface area (TPSA) is 85.5 Å². The Bertz CT molecular complexity index is 475. The molecular formula is C15H20N2O3. The molecule has 0 aromatic heterocycles. The van der Waals surface area contributed by atoms with Gasteiger partial charge in [0.2, 0.25) is 0 Å². The molecule has 1 aromatic rings. The number of hydrogen-bond acceptors (Lipinski definition) is 5. The summed E-state index contributed by atoms with van der Waals surface area (Å²) in [4.78, 5) is 0. The highest BCUT2D eigenvalue weighted by atomic mass is 16.5. The lowest BCUT2D eigenvalue weighted by atomic mass is 9.77. The van der Waals surface area contributed by atoms with Gasteiger partial charge in [-0.2, -0.15) is 5.26 Å². The van der Waals surface area contributed by atoms with Crippen molar-refractivity contribution in [3.63, 3.8) is 0 Å². The first-order chi connectivity index (χ1) is 9.67. The summed E-state index contributed by atoms with van der Waals surface area (Å²) in [7, 11) is 0. The number of aliphatic hydroxyl groups is 2. The van der Waals surface area contributed by atoms with E-state index >= 15 is 0 Å². The van der Waals surface area contributed by atoms with E-state index in [9.17, 15) is 10.2 Å². The van der Waals surface area contributed by atoms with E-state index in [0.29, 0.717) is 17.9 Å². The van der Waals surface area contributed by atoms with Crippen molar-refractivity contribution in [2.24, 2.45) is 0 Å². The van der Waals surface area contributed by atoms with Crippen molar-refractivity contribution in [1.29, 1.82) is 5.26 Å². The van der Waals surface area contributed by atoms with E-state index in [0.717, 1.165) is 19.3 Å². The van der Waals surface area contributed by atoms with Gasteiger partial charge in [-0.05, 0) is 37.5 Å². The lowest BCUT2D eigenvalue weighted by Crippen LogP contribution is -2.56. The first kappa shape index (κ1) is 14.8. The molecule has 0 amide bonds. The minimum Gasteiger partial charge on any atom is -0.491 e. The van der Waals surface area contributed by atoms with Crippen LogP contribution in [0.3, 0.4) is 0 Å². The summed E-state index contributed by atoms with van der Waals surface area (Å²) in [5, 5.41) is 31.2. The molecule has 20 heavy (non-hydrogen) atoms. The smallest absolute Gasteiger partial charge is 0.120 e. The number of ether oxygens (including phenoxy) is 1. The summed E-state index contributed by atoms with van der Waals surface area (Å²) < 4.78 is 5.46. The molecule has 2 rings (SSSR count). The SMILES string of the molecule is N#Cc1cccc(OCC(O)CNC2(CO)CCC2)c1. The molecule has 0 aliphatic heterocycles. The van der Waals surface area contributed by atoms with Crippen LogP contribution < -0.4 is 10.1 Å². The molecule has 3 N–H and O–H groups in total. The predicted octanol–water partition coefficient (Wildman–Crippen LogP) is 0.803.